The van der Waals surface area contributed by atoms with Gasteiger partial charge >= 0.3 is 0 Å². The SMILES string of the molecule is O=C(NCc1ccccc1)[C@H]1CCCN(S(=O)(=O)c2ccc(Br)cc2)C1. The van der Waals surface area contributed by atoms with E-state index >= 15 is 0 Å². The van der Waals surface area contributed by atoms with Crippen LogP contribution in [0.2, 0.25) is 0 Å². The summed E-state index contributed by atoms with van der Waals surface area (Å²) in [6.07, 6.45) is 1.38. The van der Waals surface area contributed by atoms with Crippen LogP contribution in [0.5, 0.6) is 0 Å². The highest BCUT2D eigenvalue weighted by Crippen LogP contribution is 2.25. The molecule has 1 aliphatic heterocycles. The minimum absolute atomic E-state index is 0.0930. The van der Waals surface area contributed by atoms with Gasteiger partial charge in [0, 0.05) is 24.1 Å². The third kappa shape index (κ3) is 4.52. The predicted molar refractivity (Wildman–Crippen MR) is 104 cm³/mol. The molecule has 2 aromatic carbocycles. The average Bonchev–Trinajstić information content (AvgIpc) is 2.67. The molecule has 3 rings (SSSR count). The molecule has 1 heterocycles. The Morgan fingerprint density at radius 1 is 1.12 bits per heavy atom. The van der Waals surface area contributed by atoms with E-state index in [9.17, 15) is 13.2 Å². The number of hydrogen-bond donors (Lipinski definition) is 1. The van der Waals surface area contributed by atoms with Gasteiger partial charge in [-0.3, -0.25) is 4.79 Å². The molecule has 0 aliphatic carbocycles. The van der Waals surface area contributed by atoms with E-state index in [0.29, 0.717) is 25.9 Å². The maximum atomic E-state index is 12.8. The molecule has 1 atom stereocenters. The molecule has 0 bridgehead atoms. The van der Waals surface area contributed by atoms with E-state index in [-0.39, 0.29) is 23.3 Å². The summed E-state index contributed by atoms with van der Waals surface area (Å²) >= 11 is 3.31. The van der Waals surface area contributed by atoms with E-state index in [4.69, 9.17) is 0 Å². The monoisotopic (exact) mass is 436 g/mol. The van der Waals surface area contributed by atoms with Crippen molar-refractivity contribution in [2.75, 3.05) is 13.1 Å². The number of piperidine rings is 1. The second-order valence-corrected chi connectivity index (χ2v) is 9.21. The van der Waals surface area contributed by atoms with Gasteiger partial charge in [0.2, 0.25) is 15.9 Å². The zero-order chi connectivity index (χ0) is 18.6. The molecule has 1 fully saturated rings. The first-order valence-corrected chi connectivity index (χ1v) is 10.8. The molecule has 1 N–H and O–H groups in total. The van der Waals surface area contributed by atoms with Crippen LogP contribution in [-0.4, -0.2) is 31.7 Å². The number of carbonyl (C=O) groups is 1. The van der Waals surface area contributed by atoms with Crippen molar-refractivity contribution in [2.45, 2.75) is 24.3 Å². The average molecular weight is 437 g/mol. The summed E-state index contributed by atoms with van der Waals surface area (Å²) in [6.45, 7) is 1.12. The normalized spacial score (nSPS) is 18.4. The molecule has 0 aromatic heterocycles. The van der Waals surface area contributed by atoms with E-state index < -0.39 is 10.0 Å². The van der Waals surface area contributed by atoms with E-state index in [0.717, 1.165) is 10.0 Å². The van der Waals surface area contributed by atoms with Crippen molar-refractivity contribution in [2.24, 2.45) is 5.92 Å². The second-order valence-electron chi connectivity index (χ2n) is 6.36. The number of nitrogens with one attached hydrogen (secondary N) is 1. The summed E-state index contributed by atoms with van der Waals surface area (Å²) in [7, 11) is -3.58. The molecule has 0 unspecified atom stereocenters. The Morgan fingerprint density at radius 3 is 2.50 bits per heavy atom. The number of nitrogens with zero attached hydrogens (tertiary/aromatic N) is 1. The fourth-order valence-corrected chi connectivity index (χ4v) is 4.85. The molecule has 0 spiro atoms. The molecule has 26 heavy (non-hydrogen) atoms. The molecule has 0 saturated carbocycles. The van der Waals surface area contributed by atoms with Crippen molar-refractivity contribution in [1.29, 1.82) is 0 Å². The lowest BCUT2D eigenvalue weighted by Gasteiger charge is -2.31. The highest BCUT2D eigenvalue weighted by molar-refractivity contribution is 9.10. The first kappa shape index (κ1) is 19.1. The first-order valence-electron chi connectivity index (χ1n) is 8.54. The van der Waals surface area contributed by atoms with Crippen molar-refractivity contribution < 1.29 is 13.2 Å². The predicted octanol–water partition coefficient (Wildman–Crippen LogP) is 3.17. The Morgan fingerprint density at radius 2 is 1.81 bits per heavy atom. The molecule has 5 nitrogen and oxygen atoms in total. The van der Waals surface area contributed by atoms with Crippen LogP contribution in [0.15, 0.2) is 64.0 Å². The maximum absolute atomic E-state index is 12.8. The van der Waals surface area contributed by atoms with Crippen molar-refractivity contribution in [3.8, 4) is 0 Å². The highest BCUT2D eigenvalue weighted by atomic mass is 79.9. The smallest absolute Gasteiger partial charge is 0.243 e. The molecule has 138 valence electrons. The molecule has 1 amide bonds. The summed E-state index contributed by atoms with van der Waals surface area (Å²) in [5.74, 6) is -0.415. The largest absolute Gasteiger partial charge is 0.352 e. The summed E-state index contributed by atoms with van der Waals surface area (Å²) in [6, 6.07) is 16.3. The Hall–Kier alpha value is -1.70. The molecule has 1 aliphatic rings. The number of benzene rings is 2. The van der Waals surface area contributed by atoms with Crippen LogP contribution in [0, 0.1) is 5.92 Å². The number of carbonyl (C=O) groups excluding carboxylic acids is 1. The summed E-state index contributed by atoms with van der Waals surface area (Å²) < 4.78 is 27.9. The van der Waals surface area contributed by atoms with Crippen molar-refractivity contribution in [3.05, 3.63) is 64.6 Å². The fraction of sp³-hybridized carbons (Fsp3) is 0.316. The summed E-state index contributed by atoms with van der Waals surface area (Å²) in [5.41, 5.74) is 1.02. The van der Waals surface area contributed by atoms with Crippen LogP contribution in [0.4, 0.5) is 0 Å². The van der Waals surface area contributed by atoms with Crippen LogP contribution in [0.3, 0.4) is 0 Å². The highest BCUT2D eigenvalue weighted by Gasteiger charge is 2.33. The van der Waals surface area contributed by atoms with Gasteiger partial charge in [-0.2, -0.15) is 4.31 Å². The minimum atomic E-state index is -3.58. The lowest BCUT2D eigenvalue weighted by Crippen LogP contribution is -2.45. The molecular formula is C19H21BrN2O3S. The van der Waals surface area contributed by atoms with Gasteiger partial charge in [0.05, 0.1) is 10.8 Å². The van der Waals surface area contributed by atoms with E-state index in [1.54, 1.807) is 24.3 Å². The lowest BCUT2D eigenvalue weighted by atomic mass is 9.99. The van der Waals surface area contributed by atoms with Crippen LogP contribution in [-0.2, 0) is 21.4 Å². The zero-order valence-corrected chi connectivity index (χ0v) is 16.7. The van der Waals surface area contributed by atoms with Gasteiger partial charge in [-0.05, 0) is 42.7 Å². The Bertz CT molecular complexity index is 854. The summed E-state index contributed by atoms with van der Waals surface area (Å²) in [5, 5.41) is 2.92. The fourth-order valence-electron chi connectivity index (χ4n) is 3.06. The molecule has 2 aromatic rings. The lowest BCUT2D eigenvalue weighted by molar-refractivity contribution is -0.126. The number of halogens is 1. The van der Waals surface area contributed by atoms with Gasteiger partial charge in [0.15, 0.2) is 0 Å². The van der Waals surface area contributed by atoms with Crippen molar-refractivity contribution in [3.63, 3.8) is 0 Å². The number of sulfonamides is 1. The number of hydrogen-bond acceptors (Lipinski definition) is 3. The van der Waals surface area contributed by atoms with Crippen LogP contribution in [0.25, 0.3) is 0 Å². The number of rotatable bonds is 5. The van der Waals surface area contributed by atoms with Crippen LogP contribution < -0.4 is 5.32 Å². The standard InChI is InChI=1S/C19H21BrN2O3S/c20-17-8-10-18(11-9-17)26(24,25)22-12-4-7-16(14-22)19(23)21-13-15-5-2-1-3-6-15/h1-3,5-6,8-11,16H,4,7,12-14H2,(H,21,23)/t16-/m0/s1. The maximum Gasteiger partial charge on any atom is 0.243 e. The Balaban J connectivity index is 1.64. The molecule has 1 saturated heterocycles. The minimum Gasteiger partial charge on any atom is -0.352 e. The molecule has 0 radical (unpaired) electrons. The van der Waals surface area contributed by atoms with Gasteiger partial charge in [0.1, 0.15) is 0 Å². The van der Waals surface area contributed by atoms with Gasteiger partial charge in [-0.1, -0.05) is 46.3 Å². The van der Waals surface area contributed by atoms with E-state index in [2.05, 4.69) is 21.2 Å². The molecular weight excluding hydrogens is 416 g/mol. The van der Waals surface area contributed by atoms with Crippen LogP contribution in [0.1, 0.15) is 18.4 Å². The van der Waals surface area contributed by atoms with E-state index in [1.807, 2.05) is 30.3 Å². The third-order valence-corrected chi connectivity index (χ3v) is 6.92. The Kier molecular flexibility index (Phi) is 6.11. The van der Waals surface area contributed by atoms with Gasteiger partial charge < -0.3 is 5.32 Å². The van der Waals surface area contributed by atoms with Crippen molar-refractivity contribution >= 4 is 31.9 Å². The van der Waals surface area contributed by atoms with Crippen LogP contribution >= 0.6 is 15.9 Å². The molecule has 7 heteroatoms. The van der Waals surface area contributed by atoms with E-state index in [1.165, 1.54) is 4.31 Å². The first-order chi connectivity index (χ1) is 12.5. The zero-order valence-electron chi connectivity index (χ0n) is 14.3. The van der Waals surface area contributed by atoms with Crippen molar-refractivity contribution in [1.82, 2.24) is 9.62 Å². The quantitative estimate of drug-likeness (QED) is 0.782. The van der Waals surface area contributed by atoms with Gasteiger partial charge in [-0.25, -0.2) is 8.42 Å². The number of amides is 1. The van der Waals surface area contributed by atoms with Gasteiger partial charge in [-0.15, -0.1) is 0 Å². The van der Waals surface area contributed by atoms with Gasteiger partial charge in [0.25, 0.3) is 0 Å². The summed E-state index contributed by atoms with van der Waals surface area (Å²) in [4.78, 5) is 12.7. The second kappa shape index (κ2) is 8.33. The topological polar surface area (TPSA) is 66.5 Å². The Labute approximate surface area is 162 Å². The third-order valence-electron chi connectivity index (χ3n) is 4.52.